The number of methoxy groups -OCH3 is 2. The average Bonchev–Trinajstić information content (AvgIpc) is 2.75. The quantitative estimate of drug-likeness (QED) is 0.675. The molecule has 29 heavy (non-hydrogen) atoms. The lowest BCUT2D eigenvalue weighted by atomic mass is 10.0. The lowest BCUT2D eigenvalue weighted by Gasteiger charge is -2.37. The summed E-state index contributed by atoms with van der Waals surface area (Å²) in [6, 6.07) is 20.3. The molecule has 2 aromatic rings. The Morgan fingerprint density at radius 1 is 0.759 bits per heavy atom. The van der Waals surface area contributed by atoms with Gasteiger partial charge in [0.2, 0.25) is 0 Å². The summed E-state index contributed by atoms with van der Waals surface area (Å²) in [5.74, 6) is 0. The highest BCUT2D eigenvalue weighted by atomic mass is 35.5. The van der Waals surface area contributed by atoms with Gasteiger partial charge in [-0.3, -0.25) is 9.80 Å². The molecule has 1 heterocycles. The summed E-state index contributed by atoms with van der Waals surface area (Å²) in [6.07, 6.45) is -0.750. The van der Waals surface area contributed by atoms with E-state index >= 15 is 0 Å². The van der Waals surface area contributed by atoms with E-state index in [2.05, 4.69) is 34.1 Å². The van der Waals surface area contributed by atoms with Gasteiger partial charge in [0, 0.05) is 53.5 Å². The van der Waals surface area contributed by atoms with Crippen molar-refractivity contribution in [3.8, 4) is 0 Å². The van der Waals surface area contributed by atoms with Crippen LogP contribution in [0.25, 0.3) is 0 Å². The number of β-amino-alcohol motifs (C(OH)–C–C–N with tert-alkyl or cyclic N) is 1. The van der Waals surface area contributed by atoms with Crippen molar-refractivity contribution >= 4 is 12.4 Å². The van der Waals surface area contributed by atoms with Crippen molar-refractivity contribution in [1.82, 2.24) is 9.80 Å². The Bertz CT molecular complexity index is 681. The summed E-state index contributed by atoms with van der Waals surface area (Å²) in [5.41, 5.74) is 2.23. The van der Waals surface area contributed by atoms with E-state index < -0.39 is 6.10 Å². The van der Waals surface area contributed by atoms with Gasteiger partial charge < -0.3 is 14.6 Å². The monoisotopic (exact) mass is 420 g/mol. The second-order valence-electron chi connectivity index (χ2n) is 7.37. The molecule has 3 unspecified atom stereocenters. The standard InChI is InChI=1S/C23H32N2O3.ClH/c1-27-22(19-9-5-3-6-10-19)18-25-15-13-24(14-16-25)17-21(26)23(28-2)20-11-7-4-8-12-20;/h3-12,21-23,26H,13-18H2,1-2H3;1H. The first-order valence-corrected chi connectivity index (χ1v) is 9.99. The van der Waals surface area contributed by atoms with Gasteiger partial charge in [-0.15, -0.1) is 12.4 Å². The van der Waals surface area contributed by atoms with Gasteiger partial charge in [-0.25, -0.2) is 0 Å². The van der Waals surface area contributed by atoms with Crippen LogP contribution in [0.5, 0.6) is 0 Å². The first-order valence-electron chi connectivity index (χ1n) is 9.99. The van der Waals surface area contributed by atoms with Gasteiger partial charge in [-0.2, -0.15) is 0 Å². The van der Waals surface area contributed by atoms with E-state index in [1.165, 1.54) is 5.56 Å². The third kappa shape index (κ3) is 6.78. The van der Waals surface area contributed by atoms with Crippen LogP contribution in [0.15, 0.2) is 60.7 Å². The minimum atomic E-state index is -0.546. The first-order chi connectivity index (χ1) is 13.7. The van der Waals surface area contributed by atoms with Crippen molar-refractivity contribution in [3.63, 3.8) is 0 Å². The van der Waals surface area contributed by atoms with Crippen molar-refractivity contribution < 1.29 is 14.6 Å². The fraction of sp³-hybridized carbons (Fsp3) is 0.478. The molecule has 0 aromatic heterocycles. The molecule has 0 amide bonds. The summed E-state index contributed by atoms with van der Waals surface area (Å²) in [6.45, 7) is 5.33. The number of nitrogens with zero attached hydrogens (tertiary/aromatic N) is 2. The molecule has 160 valence electrons. The lowest BCUT2D eigenvalue weighted by Crippen LogP contribution is -2.50. The number of ether oxygens (including phenoxy) is 2. The number of aliphatic hydroxyl groups is 1. The molecule has 0 bridgehead atoms. The van der Waals surface area contributed by atoms with E-state index in [0.717, 1.165) is 38.3 Å². The Labute approximate surface area is 180 Å². The van der Waals surface area contributed by atoms with E-state index in [1.54, 1.807) is 14.2 Å². The van der Waals surface area contributed by atoms with Crippen LogP contribution in [0.1, 0.15) is 23.3 Å². The highest BCUT2D eigenvalue weighted by molar-refractivity contribution is 5.85. The van der Waals surface area contributed by atoms with Crippen LogP contribution in [0.2, 0.25) is 0 Å². The summed E-state index contributed by atoms with van der Waals surface area (Å²) >= 11 is 0. The van der Waals surface area contributed by atoms with Gasteiger partial charge in [0.05, 0.1) is 12.2 Å². The lowest BCUT2D eigenvalue weighted by molar-refractivity contribution is -0.0376. The van der Waals surface area contributed by atoms with Crippen LogP contribution in [0.4, 0.5) is 0 Å². The Hall–Kier alpha value is -1.47. The molecule has 0 saturated carbocycles. The molecule has 1 fully saturated rings. The molecule has 1 saturated heterocycles. The van der Waals surface area contributed by atoms with Crippen LogP contribution >= 0.6 is 12.4 Å². The normalized spacial score (nSPS) is 18.6. The number of hydrogen-bond acceptors (Lipinski definition) is 5. The van der Waals surface area contributed by atoms with Crippen LogP contribution in [0.3, 0.4) is 0 Å². The first kappa shape index (κ1) is 23.8. The fourth-order valence-electron chi connectivity index (χ4n) is 3.89. The van der Waals surface area contributed by atoms with Crippen molar-refractivity contribution in [1.29, 1.82) is 0 Å². The molecule has 1 N–H and O–H groups in total. The molecule has 5 nitrogen and oxygen atoms in total. The maximum atomic E-state index is 10.7. The van der Waals surface area contributed by atoms with Gasteiger partial charge >= 0.3 is 0 Å². The molecule has 0 spiro atoms. The van der Waals surface area contributed by atoms with Crippen molar-refractivity contribution in [3.05, 3.63) is 71.8 Å². The van der Waals surface area contributed by atoms with Gasteiger partial charge in [0.15, 0.2) is 0 Å². The van der Waals surface area contributed by atoms with Gasteiger partial charge in [-0.05, 0) is 11.1 Å². The molecule has 0 aliphatic carbocycles. The zero-order chi connectivity index (χ0) is 19.8. The Balaban J connectivity index is 0.00000300. The number of hydrogen-bond donors (Lipinski definition) is 1. The highest BCUT2D eigenvalue weighted by Gasteiger charge is 2.26. The van der Waals surface area contributed by atoms with Gasteiger partial charge in [0.25, 0.3) is 0 Å². The Kier molecular flexibility index (Phi) is 10.1. The predicted octanol–water partition coefficient (Wildman–Crippen LogP) is 3.16. The third-order valence-electron chi connectivity index (χ3n) is 5.52. The summed E-state index contributed by atoms with van der Waals surface area (Å²) in [5, 5.41) is 10.7. The minimum absolute atomic E-state index is 0. The van der Waals surface area contributed by atoms with Crippen molar-refractivity contribution in [2.75, 3.05) is 53.5 Å². The molecule has 1 aliphatic rings. The van der Waals surface area contributed by atoms with E-state index in [-0.39, 0.29) is 24.6 Å². The van der Waals surface area contributed by atoms with E-state index in [9.17, 15) is 5.11 Å². The molecule has 1 aliphatic heterocycles. The average molecular weight is 421 g/mol. The zero-order valence-electron chi connectivity index (χ0n) is 17.3. The van der Waals surface area contributed by atoms with Crippen molar-refractivity contribution in [2.24, 2.45) is 0 Å². The topological polar surface area (TPSA) is 45.2 Å². The van der Waals surface area contributed by atoms with Crippen LogP contribution in [-0.4, -0.2) is 74.5 Å². The molecular formula is C23H33ClN2O3. The molecule has 3 rings (SSSR count). The van der Waals surface area contributed by atoms with Crippen LogP contribution < -0.4 is 0 Å². The summed E-state index contributed by atoms with van der Waals surface area (Å²) < 4.78 is 11.3. The SMILES string of the molecule is COC(CN1CCN(CC(O)C(OC)c2ccccc2)CC1)c1ccccc1.Cl. The summed E-state index contributed by atoms with van der Waals surface area (Å²) in [4.78, 5) is 4.76. The smallest absolute Gasteiger partial charge is 0.109 e. The number of halogens is 1. The van der Waals surface area contributed by atoms with E-state index in [4.69, 9.17) is 9.47 Å². The number of aliphatic hydroxyl groups excluding tert-OH is 1. The largest absolute Gasteiger partial charge is 0.389 e. The summed E-state index contributed by atoms with van der Waals surface area (Å²) in [7, 11) is 3.44. The molecule has 6 heteroatoms. The second-order valence-corrected chi connectivity index (χ2v) is 7.37. The van der Waals surface area contributed by atoms with Crippen molar-refractivity contribution in [2.45, 2.75) is 18.3 Å². The Morgan fingerprint density at radius 3 is 1.72 bits per heavy atom. The van der Waals surface area contributed by atoms with E-state index in [0.29, 0.717) is 6.54 Å². The molecule has 2 aromatic carbocycles. The van der Waals surface area contributed by atoms with Gasteiger partial charge in [-0.1, -0.05) is 60.7 Å². The molecular weight excluding hydrogens is 388 g/mol. The Morgan fingerprint density at radius 2 is 1.24 bits per heavy atom. The zero-order valence-corrected chi connectivity index (χ0v) is 18.1. The van der Waals surface area contributed by atoms with Crippen LogP contribution in [-0.2, 0) is 9.47 Å². The molecule has 0 radical (unpaired) electrons. The maximum Gasteiger partial charge on any atom is 0.109 e. The predicted molar refractivity (Wildman–Crippen MR) is 119 cm³/mol. The van der Waals surface area contributed by atoms with Gasteiger partial charge in [0.1, 0.15) is 6.10 Å². The number of piperazine rings is 1. The number of rotatable bonds is 9. The minimum Gasteiger partial charge on any atom is -0.389 e. The second kappa shape index (κ2) is 12.3. The van der Waals surface area contributed by atoms with Crippen LogP contribution in [0, 0.1) is 0 Å². The maximum absolute atomic E-state index is 10.7. The third-order valence-corrected chi connectivity index (χ3v) is 5.52. The highest BCUT2D eigenvalue weighted by Crippen LogP contribution is 2.22. The molecule has 3 atom stereocenters. The van der Waals surface area contributed by atoms with E-state index in [1.807, 2.05) is 36.4 Å². The fourth-order valence-corrected chi connectivity index (χ4v) is 3.89. The number of benzene rings is 2.